The molecule has 5 heteroatoms. The van der Waals surface area contributed by atoms with E-state index in [0.29, 0.717) is 16.6 Å². The first kappa shape index (κ1) is 14.1. The van der Waals surface area contributed by atoms with Gasteiger partial charge in [0.2, 0.25) is 0 Å². The van der Waals surface area contributed by atoms with Crippen molar-refractivity contribution in [2.24, 2.45) is 0 Å². The van der Waals surface area contributed by atoms with Crippen molar-refractivity contribution in [1.29, 1.82) is 0 Å². The molecule has 0 heterocycles. The molecule has 1 amide bonds. The van der Waals surface area contributed by atoms with E-state index in [-0.39, 0.29) is 11.7 Å². The highest BCUT2D eigenvalue weighted by Gasteiger charge is 2.08. The van der Waals surface area contributed by atoms with E-state index in [2.05, 4.69) is 37.2 Å². The number of hydrogen-bond acceptors (Lipinski definition) is 2. The lowest BCUT2D eigenvalue weighted by Gasteiger charge is -2.06. The highest BCUT2D eigenvalue weighted by atomic mass is 79.9. The lowest BCUT2D eigenvalue weighted by atomic mass is 10.2. The molecule has 0 bridgehead atoms. The van der Waals surface area contributed by atoms with Gasteiger partial charge in [-0.3, -0.25) is 4.79 Å². The third-order valence-corrected chi connectivity index (χ3v) is 3.71. The molecular weight excluding hydrogens is 374 g/mol. The minimum Gasteiger partial charge on any atom is -0.507 e. The summed E-state index contributed by atoms with van der Waals surface area (Å²) in [5.41, 5.74) is 1.43. The Morgan fingerprint density at radius 1 is 1.16 bits per heavy atom. The summed E-state index contributed by atoms with van der Waals surface area (Å²) in [6, 6.07) is 12.4. The zero-order valence-corrected chi connectivity index (χ0v) is 13.0. The second kappa shape index (κ2) is 6.21. The smallest absolute Gasteiger partial charge is 0.251 e. The fourth-order valence-corrected chi connectivity index (χ4v) is 2.28. The van der Waals surface area contributed by atoms with Crippen LogP contribution in [0, 0.1) is 0 Å². The number of hydrogen-bond donors (Lipinski definition) is 2. The van der Waals surface area contributed by atoms with Gasteiger partial charge in [-0.2, -0.15) is 0 Å². The average molecular weight is 385 g/mol. The van der Waals surface area contributed by atoms with Gasteiger partial charge in [0.05, 0.1) is 4.47 Å². The number of rotatable bonds is 3. The van der Waals surface area contributed by atoms with Crippen LogP contribution in [0.3, 0.4) is 0 Å². The molecule has 0 aliphatic carbocycles. The summed E-state index contributed by atoms with van der Waals surface area (Å²) < 4.78 is 1.54. The average Bonchev–Trinajstić information content (AvgIpc) is 2.39. The van der Waals surface area contributed by atoms with Gasteiger partial charge < -0.3 is 10.4 Å². The maximum atomic E-state index is 11.9. The Morgan fingerprint density at radius 2 is 1.95 bits per heavy atom. The van der Waals surface area contributed by atoms with E-state index in [0.717, 1.165) is 10.0 Å². The Bertz CT molecular complexity index is 614. The van der Waals surface area contributed by atoms with Crippen LogP contribution in [0.5, 0.6) is 5.75 Å². The number of nitrogens with one attached hydrogen (secondary N) is 1. The van der Waals surface area contributed by atoms with Gasteiger partial charge in [-0.1, -0.05) is 28.1 Å². The molecule has 98 valence electrons. The Labute approximate surface area is 127 Å². The van der Waals surface area contributed by atoms with E-state index in [1.807, 2.05) is 24.3 Å². The molecule has 0 aromatic heterocycles. The predicted molar refractivity (Wildman–Crippen MR) is 81.1 cm³/mol. The van der Waals surface area contributed by atoms with E-state index in [1.54, 1.807) is 12.1 Å². The molecule has 0 aliphatic rings. The molecule has 2 rings (SSSR count). The van der Waals surface area contributed by atoms with Gasteiger partial charge in [0.15, 0.2) is 0 Å². The molecule has 2 aromatic rings. The summed E-state index contributed by atoms with van der Waals surface area (Å²) in [5, 5.41) is 12.3. The van der Waals surface area contributed by atoms with Crippen LogP contribution in [0.1, 0.15) is 15.9 Å². The fraction of sp³-hybridized carbons (Fsp3) is 0.0714. The molecular formula is C14H11Br2NO2. The number of carbonyl (C=O) groups is 1. The number of amides is 1. The minimum absolute atomic E-state index is 0.0510. The number of aromatic hydroxyl groups is 1. The van der Waals surface area contributed by atoms with E-state index >= 15 is 0 Å². The van der Waals surface area contributed by atoms with Crippen molar-refractivity contribution >= 4 is 37.8 Å². The highest BCUT2D eigenvalue weighted by molar-refractivity contribution is 9.10. The van der Waals surface area contributed by atoms with Crippen molar-refractivity contribution in [2.45, 2.75) is 6.54 Å². The summed E-state index contributed by atoms with van der Waals surface area (Å²) in [6.45, 7) is 0.440. The molecule has 0 saturated carbocycles. The molecule has 2 N–H and O–H groups in total. The van der Waals surface area contributed by atoms with Gasteiger partial charge in [0, 0.05) is 16.6 Å². The topological polar surface area (TPSA) is 49.3 Å². The van der Waals surface area contributed by atoms with Gasteiger partial charge >= 0.3 is 0 Å². The molecule has 0 unspecified atom stereocenters. The molecule has 0 saturated heterocycles. The SMILES string of the molecule is O=C(NCc1cccc(Br)c1)c1ccc(Br)c(O)c1. The number of halogens is 2. The number of phenols is 1. The van der Waals surface area contributed by atoms with Gasteiger partial charge in [-0.05, 0) is 51.8 Å². The van der Waals surface area contributed by atoms with Crippen LogP contribution < -0.4 is 5.32 Å². The van der Waals surface area contributed by atoms with Gasteiger partial charge in [-0.25, -0.2) is 0 Å². The maximum Gasteiger partial charge on any atom is 0.251 e. The van der Waals surface area contributed by atoms with Crippen molar-refractivity contribution in [3.8, 4) is 5.75 Å². The van der Waals surface area contributed by atoms with Crippen LogP contribution in [-0.4, -0.2) is 11.0 Å². The maximum absolute atomic E-state index is 11.9. The van der Waals surface area contributed by atoms with Crippen molar-refractivity contribution in [3.63, 3.8) is 0 Å². The third-order valence-electron chi connectivity index (χ3n) is 2.55. The molecule has 0 fully saturated rings. The molecule has 0 spiro atoms. The first-order chi connectivity index (χ1) is 9.06. The Kier molecular flexibility index (Phi) is 4.61. The molecule has 0 aliphatic heterocycles. The Hall–Kier alpha value is -1.33. The first-order valence-electron chi connectivity index (χ1n) is 5.57. The zero-order valence-electron chi connectivity index (χ0n) is 9.86. The van der Waals surface area contributed by atoms with Crippen LogP contribution in [0.4, 0.5) is 0 Å². The van der Waals surface area contributed by atoms with Crippen LogP contribution in [-0.2, 0) is 6.54 Å². The molecule has 3 nitrogen and oxygen atoms in total. The summed E-state index contributed by atoms with van der Waals surface area (Å²) in [6.07, 6.45) is 0. The van der Waals surface area contributed by atoms with Crippen molar-refractivity contribution in [3.05, 3.63) is 62.5 Å². The second-order valence-electron chi connectivity index (χ2n) is 3.98. The van der Waals surface area contributed by atoms with Crippen LogP contribution in [0.25, 0.3) is 0 Å². The number of carbonyl (C=O) groups excluding carboxylic acids is 1. The van der Waals surface area contributed by atoms with Gasteiger partial charge in [0.1, 0.15) is 5.75 Å². The van der Waals surface area contributed by atoms with E-state index in [4.69, 9.17) is 0 Å². The van der Waals surface area contributed by atoms with Crippen LogP contribution in [0.15, 0.2) is 51.4 Å². The van der Waals surface area contributed by atoms with Crippen LogP contribution in [0.2, 0.25) is 0 Å². The van der Waals surface area contributed by atoms with Crippen molar-refractivity contribution in [1.82, 2.24) is 5.32 Å². The standard InChI is InChI=1S/C14H11Br2NO2/c15-11-3-1-2-9(6-11)8-17-14(19)10-4-5-12(16)13(18)7-10/h1-7,18H,8H2,(H,17,19). The normalized spacial score (nSPS) is 10.2. The summed E-state index contributed by atoms with van der Waals surface area (Å²) in [5.74, 6) is -0.169. The van der Waals surface area contributed by atoms with Crippen molar-refractivity contribution < 1.29 is 9.90 Å². The fourth-order valence-electron chi connectivity index (χ4n) is 1.59. The molecule has 0 radical (unpaired) electrons. The van der Waals surface area contributed by atoms with E-state index in [9.17, 15) is 9.90 Å². The third kappa shape index (κ3) is 3.81. The second-order valence-corrected chi connectivity index (χ2v) is 5.75. The zero-order chi connectivity index (χ0) is 13.8. The lowest BCUT2D eigenvalue weighted by Crippen LogP contribution is -2.22. The monoisotopic (exact) mass is 383 g/mol. The van der Waals surface area contributed by atoms with Gasteiger partial charge in [0.25, 0.3) is 5.91 Å². The number of benzene rings is 2. The quantitative estimate of drug-likeness (QED) is 0.844. The first-order valence-corrected chi connectivity index (χ1v) is 7.16. The minimum atomic E-state index is -0.220. The Morgan fingerprint density at radius 3 is 2.63 bits per heavy atom. The molecule has 0 atom stereocenters. The summed E-state index contributed by atoms with van der Waals surface area (Å²) in [7, 11) is 0. The van der Waals surface area contributed by atoms with Crippen molar-refractivity contribution in [2.75, 3.05) is 0 Å². The predicted octanol–water partition coefficient (Wildman–Crippen LogP) is 3.85. The number of phenolic OH excluding ortho intramolecular Hbond substituents is 1. The van der Waals surface area contributed by atoms with Crippen LogP contribution >= 0.6 is 31.9 Å². The largest absolute Gasteiger partial charge is 0.507 e. The highest BCUT2D eigenvalue weighted by Crippen LogP contribution is 2.24. The Balaban J connectivity index is 2.03. The molecule has 2 aromatic carbocycles. The molecule has 19 heavy (non-hydrogen) atoms. The lowest BCUT2D eigenvalue weighted by molar-refractivity contribution is 0.0950. The van der Waals surface area contributed by atoms with E-state index in [1.165, 1.54) is 6.07 Å². The van der Waals surface area contributed by atoms with Gasteiger partial charge in [-0.15, -0.1) is 0 Å². The van der Waals surface area contributed by atoms with E-state index < -0.39 is 0 Å². The summed E-state index contributed by atoms with van der Waals surface area (Å²) in [4.78, 5) is 11.9. The summed E-state index contributed by atoms with van der Waals surface area (Å²) >= 11 is 6.56.